The van der Waals surface area contributed by atoms with Crippen molar-refractivity contribution in [1.82, 2.24) is 14.9 Å². The van der Waals surface area contributed by atoms with Crippen LogP contribution in [0.1, 0.15) is 30.0 Å². The van der Waals surface area contributed by atoms with Crippen molar-refractivity contribution in [2.24, 2.45) is 0 Å². The number of piperidine rings is 1. The van der Waals surface area contributed by atoms with Crippen molar-refractivity contribution in [1.29, 1.82) is 0 Å². The molecule has 1 fully saturated rings. The fourth-order valence-electron chi connectivity index (χ4n) is 2.95. The molecule has 0 radical (unpaired) electrons. The maximum atomic E-state index is 4.69. The summed E-state index contributed by atoms with van der Waals surface area (Å²) in [5.41, 5.74) is 2.57. The average Bonchev–Trinajstić information content (AvgIpc) is 2.56. The molecule has 1 N–H and O–H groups in total. The van der Waals surface area contributed by atoms with Gasteiger partial charge in [-0.2, -0.15) is 0 Å². The minimum absolute atomic E-state index is 0.590. The summed E-state index contributed by atoms with van der Waals surface area (Å²) in [4.78, 5) is 11.3. The Bertz CT molecular complexity index is 562. The van der Waals surface area contributed by atoms with E-state index < -0.39 is 0 Å². The Balaban J connectivity index is 1.57. The first kappa shape index (κ1) is 14.0. The normalized spacial score (nSPS) is 16.8. The molecule has 0 aliphatic carbocycles. The van der Waals surface area contributed by atoms with Gasteiger partial charge in [0.25, 0.3) is 0 Å². The molecule has 1 saturated heterocycles. The third kappa shape index (κ3) is 3.58. The van der Waals surface area contributed by atoms with E-state index in [1.807, 2.05) is 25.5 Å². The summed E-state index contributed by atoms with van der Waals surface area (Å²) in [6.45, 7) is 3.30. The second-order valence-electron chi connectivity index (χ2n) is 5.60. The number of anilines is 1. The van der Waals surface area contributed by atoms with E-state index in [4.69, 9.17) is 0 Å². The van der Waals surface area contributed by atoms with Crippen LogP contribution >= 0.6 is 0 Å². The Kier molecular flexibility index (Phi) is 4.46. The van der Waals surface area contributed by atoms with Gasteiger partial charge < -0.3 is 5.32 Å². The van der Waals surface area contributed by atoms with Crippen molar-refractivity contribution in [2.45, 2.75) is 25.3 Å². The Morgan fingerprint density at radius 2 is 1.90 bits per heavy atom. The van der Waals surface area contributed by atoms with Crippen LogP contribution in [0.3, 0.4) is 0 Å². The van der Waals surface area contributed by atoms with E-state index in [1.54, 1.807) is 0 Å². The summed E-state index contributed by atoms with van der Waals surface area (Å²) >= 11 is 0. The molecule has 1 aliphatic heterocycles. The number of rotatable bonds is 4. The lowest BCUT2D eigenvalue weighted by atomic mass is 9.93. The van der Waals surface area contributed by atoms with Crippen LogP contribution < -0.4 is 5.32 Å². The van der Waals surface area contributed by atoms with Crippen molar-refractivity contribution in [3.8, 4) is 0 Å². The maximum absolute atomic E-state index is 4.69. The molecule has 21 heavy (non-hydrogen) atoms. The molecule has 0 amide bonds. The topological polar surface area (TPSA) is 41.0 Å². The molecule has 2 aromatic heterocycles. The Hall–Kier alpha value is -1.94. The van der Waals surface area contributed by atoms with Crippen LogP contribution in [-0.2, 0) is 6.54 Å². The van der Waals surface area contributed by atoms with Crippen LogP contribution in [0.2, 0.25) is 0 Å². The van der Waals surface area contributed by atoms with E-state index in [1.165, 1.54) is 24.1 Å². The number of aromatic nitrogens is 2. The molecule has 4 nitrogen and oxygen atoms in total. The first-order valence-electron chi connectivity index (χ1n) is 7.61. The SMILES string of the molecule is CNc1cccc(C2CCN(Cc3ccncc3)CC2)n1. The summed E-state index contributed by atoms with van der Waals surface area (Å²) in [6, 6.07) is 10.5. The van der Waals surface area contributed by atoms with E-state index >= 15 is 0 Å². The van der Waals surface area contributed by atoms with Crippen molar-refractivity contribution in [3.05, 3.63) is 54.0 Å². The Labute approximate surface area is 126 Å². The van der Waals surface area contributed by atoms with Gasteiger partial charge in [0.2, 0.25) is 0 Å². The second kappa shape index (κ2) is 6.68. The van der Waals surface area contributed by atoms with Gasteiger partial charge >= 0.3 is 0 Å². The number of hydrogen-bond acceptors (Lipinski definition) is 4. The van der Waals surface area contributed by atoms with Crippen molar-refractivity contribution >= 4 is 5.82 Å². The van der Waals surface area contributed by atoms with Gasteiger partial charge in [-0.3, -0.25) is 9.88 Å². The zero-order valence-corrected chi connectivity index (χ0v) is 12.5. The van der Waals surface area contributed by atoms with E-state index in [0.29, 0.717) is 5.92 Å². The van der Waals surface area contributed by atoms with Gasteiger partial charge in [-0.25, -0.2) is 4.98 Å². The Morgan fingerprint density at radius 3 is 2.62 bits per heavy atom. The first-order chi connectivity index (χ1) is 10.3. The van der Waals surface area contributed by atoms with Gasteiger partial charge in [0.15, 0.2) is 0 Å². The average molecular weight is 282 g/mol. The highest BCUT2D eigenvalue weighted by atomic mass is 15.1. The summed E-state index contributed by atoms with van der Waals surface area (Å²) < 4.78 is 0. The number of hydrogen-bond donors (Lipinski definition) is 1. The molecule has 2 aromatic rings. The molecule has 0 aromatic carbocycles. The lowest BCUT2D eigenvalue weighted by Crippen LogP contribution is -2.32. The Morgan fingerprint density at radius 1 is 1.14 bits per heavy atom. The van der Waals surface area contributed by atoms with Crippen molar-refractivity contribution < 1.29 is 0 Å². The third-order valence-electron chi connectivity index (χ3n) is 4.19. The van der Waals surface area contributed by atoms with Crippen LogP contribution in [0.4, 0.5) is 5.82 Å². The molecule has 0 bridgehead atoms. The monoisotopic (exact) mass is 282 g/mol. The fraction of sp³-hybridized carbons (Fsp3) is 0.412. The molecule has 0 spiro atoms. The standard InChI is InChI=1S/C17H22N4/c1-18-17-4-2-3-16(20-17)15-7-11-21(12-8-15)13-14-5-9-19-10-6-14/h2-6,9-10,15H,7-8,11-13H2,1H3,(H,18,20). The fourth-order valence-corrected chi connectivity index (χ4v) is 2.95. The third-order valence-corrected chi connectivity index (χ3v) is 4.19. The highest BCUT2D eigenvalue weighted by Gasteiger charge is 2.21. The zero-order valence-electron chi connectivity index (χ0n) is 12.5. The highest BCUT2D eigenvalue weighted by molar-refractivity contribution is 5.35. The van der Waals surface area contributed by atoms with Gasteiger partial charge in [-0.15, -0.1) is 0 Å². The van der Waals surface area contributed by atoms with Gasteiger partial charge in [0, 0.05) is 37.6 Å². The molecule has 0 atom stereocenters. The van der Waals surface area contributed by atoms with Gasteiger partial charge in [0.05, 0.1) is 0 Å². The molecule has 3 rings (SSSR count). The second-order valence-corrected chi connectivity index (χ2v) is 5.60. The van der Waals surface area contributed by atoms with Gasteiger partial charge in [-0.1, -0.05) is 6.07 Å². The van der Waals surface area contributed by atoms with Gasteiger partial charge in [0.1, 0.15) is 5.82 Å². The predicted octanol–water partition coefficient (Wildman–Crippen LogP) is 2.90. The van der Waals surface area contributed by atoms with Crippen LogP contribution in [0.5, 0.6) is 0 Å². The predicted molar refractivity (Wildman–Crippen MR) is 85.3 cm³/mol. The molecule has 3 heterocycles. The summed E-state index contributed by atoms with van der Waals surface area (Å²) in [6.07, 6.45) is 6.11. The quantitative estimate of drug-likeness (QED) is 0.936. The number of pyridine rings is 2. The van der Waals surface area contributed by atoms with E-state index in [2.05, 4.69) is 44.5 Å². The van der Waals surface area contributed by atoms with Crippen molar-refractivity contribution in [2.75, 3.05) is 25.5 Å². The summed E-state index contributed by atoms with van der Waals surface area (Å²) in [5.74, 6) is 1.55. The summed E-state index contributed by atoms with van der Waals surface area (Å²) in [5, 5.41) is 3.12. The lowest BCUT2D eigenvalue weighted by Gasteiger charge is -2.31. The molecular formula is C17H22N4. The number of nitrogens with one attached hydrogen (secondary N) is 1. The van der Waals surface area contributed by atoms with Crippen LogP contribution in [0.25, 0.3) is 0 Å². The van der Waals surface area contributed by atoms with E-state index in [9.17, 15) is 0 Å². The first-order valence-corrected chi connectivity index (χ1v) is 7.61. The highest BCUT2D eigenvalue weighted by Crippen LogP contribution is 2.28. The molecular weight excluding hydrogens is 260 g/mol. The minimum Gasteiger partial charge on any atom is -0.373 e. The van der Waals surface area contributed by atoms with E-state index in [-0.39, 0.29) is 0 Å². The molecule has 4 heteroatoms. The molecule has 0 saturated carbocycles. The lowest BCUT2D eigenvalue weighted by molar-refractivity contribution is 0.203. The molecule has 1 aliphatic rings. The number of nitrogens with zero attached hydrogens (tertiary/aromatic N) is 3. The van der Waals surface area contributed by atoms with Crippen molar-refractivity contribution in [3.63, 3.8) is 0 Å². The van der Waals surface area contributed by atoms with E-state index in [0.717, 1.165) is 25.5 Å². The van der Waals surface area contributed by atoms with Gasteiger partial charge in [-0.05, 0) is 55.8 Å². The molecule has 110 valence electrons. The van der Waals surface area contributed by atoms with Crippen LogP contribution in [0, 0.1) is 0 Å². The number of likely N-dealkylation sites (tertiary alicyclic amines) is 1. The smallest absolute Gasteiger partial charge is 0.125 e. The minimum atomic E-state index is 0.590. The zero-order chi connectivity index (χ0) is 14.5. The van der Waals surface area contributed by atoms with Crippen LogP contribution in [0.15, 0.2) is 42.7 Å². The largest absolute Gasteiger partial charge is 0.373 e. The summed E-state index contributed by atoms with van der Waals surface area (Å²) in [7, 11) is 1.92. The maximum Gasteiger partial charge on any atom is 0.125 e. The van der Waals surface area contributed by atoms with Crippen LogP contribution in [-0.4, -0.2) is 35.0 Å². The molecule has 0 unspecified atom stereocenters.